The molecule has 0 saturated carbocycles. The SMILES string of the molecule is CCOC(=O)[C@H](Cc1cc(I)c(O)c(I)c1)NC(=O)[C@H](Cc1ccc(O)cc1)N(I)I. The van der Waals surface area contributed by atoms with Crippen molar-refractivity contribution < 1.29 is 24.5 Å². The summed E-state index contributed by atoms with van der Waals surface area (Å²) < 4.78 is 8.25. The van der Waals surface area contributed by atoms with Crippen LogP contribution >= 0.6 is 90.9 Å². The Morgan fingerprint density at radius 3 is 2.13 bits per heavy atom. The summed E-state index contributed by atoms with van der Waals surface area (Å²) in [7, 11) is 0. The topological polar surface area (TPSA) is 99.1 Å². The Morgan fingerprint density at radius 2 is 1.61 bits per heavy atom. The van der Waals surface area contributed by atoms with Crippen molar-refractivity contribution in [3.05, 3.63) is 54.7 Å². The molecule has 1 amide bonds. The third-order valence-corrected chi connectivity index (χ3v) is 7.30. The Labute approximate surface area is 236 Å². The number of phenolic OH excluding ortho intramolecular Hbond substituents is 2. The van der Waals surface area contributed by atoms with Crippen LogP contribution in [0.1, 0.15) is 18.1 Å². The molecule has 0 bridgehead atoms. The molecule has 0 spiro atoms. The van der Waals surface area contributed by atoms with Gasteiger partial charge in [0, 0.05) is 52.1 Å². The van der Waals surface area contributed by atoms with Gasteiger partial charge in [-0.05, 0) is 93.9 Å². The smallest absolute Gasteiger partial charge is 0.328 e. The van der Waals surface area contributed by atoms with Crippen molar-refractivity contribution in [1.82, 2.24) is 6.64 Å². The van der Waals surface area contributed by atoms with Crippen molar-refractivity contribution in [2.24, 2.45) is 0 Å². The van der Waals surface area contributed by atoms with E-state index in [0.717, 1.165) is 11.1 Å². The molecule has 0 aliphatic heterocycles. The first-order valence-electron chi connectivity index (χ1n) is 9.15. The first-order chi connectivity index (χ1) is 14.6. The van der Waals surface area contributed by atoms with Gasteiger partial charge in [-0.3, -0.25) is 4.79 Å². The van der Waals surface area contributed by atoms with Gasteiger partial charge in [-0.2, -0.15) is 1.33 Å². The maximum Gasteiger partial charge on any atom is 0.328 e. The zero-order valence-electron chi connectivity index (χ0n) is 16.3. The summed E-state index contributed by atoms with van der Waals surface area (Å²) >= 11 is 8.13. The van der Waals surface area contributed by atoms with Gasteiger partial charge in [-0.25, -0.2) is 4.79 Å². The van der Waals surface area contributed by atoms with Crippen LogP contribution < -0.4 is 5.32 Å². The number of hydrogen-bond donors (Lipinski definition) is 3. The van der Waals surface area contributed by atoms with Crippen LogP contribution in [0.5, 0.6) is 11.5 Å². The second-order valence-electron chi connectivity index (χ2n) is 6.57. The molecule has 11 heteroatoms. The third kappa shape index (κ3) is 8.29. The third-order valence-electron chi connectivity index (χ3n) is 4.31. The highest BCUT2D eigenvalue weighted by atomic mass is 127. The molecule has 2 atom stereocenters. The Bertz CT molecular complexity index is 901. The van der Waals surface area contributed by atoms with E-state index in [1.165, 1.54) is 0 Å². The Morgan fingerprint density at radius 1 is 1.03 bits per heavy atom. The number of benzene rings is 2. The second kappa shape index (κ2) is 12.9. The van der Waals surface area contributed by atoms with E-state index in [1.807, 2.05) is 90.9 Å². The van der Waals surface area contributed by atoms with E-state index >= 15 is 0 Å². The molecular formula is C20H20I4N2O5. The summed E-state index contributed by atoms with van der Waals surface area (Å²) in [6.07, 6.45) is 0.647. The molecule has 2 aromatic rings. The predicted molar refractivity (Wildman–Crippen MR) is 151 cm³/mol. The lowest BCUT2D eigenvalue weighted by molar-refractivity contribution is -0.147. The van der Waals surface area contributed by atoms with E-state index in [1.54, 1.807) is 44.6 Å². The number of nitrogens with one attached hydrogen (secondary N) is 1. The van der Waals surface area contributed by atoms with E-state index < -0.39 is 18.1 Å². The van der Waals surface area contributed by atoms with E-state index in [0.29, 0.717) is 13.6 Å². The molecule has 0 aliphatic rings. The van der Waals surface area contributed by atoms with Crippen LogP contribution in [0.2, 0.25) is 0 Å². The van der Waals surface area contributed by atoms with Crippen LogP contribution in [0, 0.1) is 7.14 Å². The van der Waals surface area contributed by atoms with Gasteiger partial charge < -0.3 is 20.3 Å². The number of aromatic hydroxyl groups is 2. The summed E-state index contributed by atoms with van der Waals surface area (Å²) in [5.74, 6) is -0.462. The number of amides is 1. The number of nitrogens with zero attached hydrogens (tertiary/aromatic N) is 1. The summed E-state index contributed by atoms with van der Waals surface area (Å²) in [4.78, 5) is 25.7. The van der Waals surface area contributed by atoms with E-state index in [-0.39, 0.29) is 30.4 Å². The van der Waals surface area contributed by atoms with Crippen LogP contribution in [0.4, 0.5) is 0 Å². The molecule has 0 radical (unpaired) electrons. The Hall–Kier alpha value is -0.140. The minimum absolute atomic E-state index is 0.158. The summed E-state index contributed by atoms with van der Waals surface area (Å²) in [6.45, 7) is 1.92. The first kappa shape index (κ1) is 27.1. The number of hydrogen-bond acceptors (Lipinski definition) is 6. The average Bonchev–Trinajstić information content (AvgIpc) is 2.70. The number of esters is 1. The summed E-state index contributed by atoms with van der Waals surface area (Å²) in [5.41, 5.74) is 1.69. The second-order valence-corrected chi connectivity index (χ2v) is 12.8. The molecule has 2 rings (SSSR count). The minimum Gasteiger partial charge on any atom is -0.508 e. The van der Waals surface area contributed by atoms with E-state index in [9.17, 15) is 19.8 Å². The normalized spacial score (nSPS) is 13.0. The van der Waals surface area contributed by atoms with Crippen LogP contribution in [-0.4, -0.2) is 42.1 Å². The quantitative estimate of drug-likeness (QED) is 0.195. The van der Waals surface area contributed by atoms with Crippen LogP contribution in [0.25, 0.3) is 0 Å². The standard InChI is InChI=1S/C20H20I4N2O5/c1-2-31-20(30)16(9-12-7-14(21)18(28)15(22)8-12)25-19(29)17(26(23)24)10-11-3-5-13(27)6-4-11/h3-8,16-17,27-28H,2,9-10H2,1H3,(H,25,29)/t16-,17-/m0/s1. The first-order valence-corrected chi connectivity index (χ1v) is 13.2. The molecule has 31 heavy (non-hydrogen) atoms. The van der Waals surface area contributed by atoms with Gasteiger partial charge in [0.2, 0.25) is 5.91 Å². The largest absolute Gasteiger partial charge is 0.508 e. The Balaban J connectivity index is 2.22. The Kier molecular flexibility index (Phi) is 11.3. The molecule has 0 aromatic heterocycles. The summed E-state index contributed by atoms with van der Waals surface area (Å²) in [6, 6.07) is 8.84. The molecule has 0 fully saturated rings. The van der Waals surface area contributed by atoms with Crippen molar-refractivity contribution in [2.45, 2.75) is 31.8 Å². The number of phenols is 2. The van der Waals surface area contributed by atoms with Gasteiger partial charge >= 0.3 is 5.97 Å². The highest BCUT2D eigenvalue weighted by molar-refractivity contribution is 14.2. The minimum atomic E-state index is -0.862. The molecule has 0 heterocycles. The van der Waals surface area contributed by atoms with Crippen molar-refractivity contribution in [1.29, 1.82) is 0 Å². The van der Waals surface area contributed by atoms with Crippen LogP contribution in [-0.2, 0) is 27.2 Å². The fraction of sp³-hybridized carbons (Fsp3) is 0.300. The molecule has 2 aromatic carbocycles. The number of ether oxygens (including phenoxy) is 1. The highest BCUT2D eigenvalue weighted by Gasteiger charge is 2.29. The highest BCUT2D eigenvalue weighted by Crippen LogP contribution is 2.28. The van der Waals surface area contributed by atoms with Crippen LogP contribution in [0.3, 0.4) is 0 Å². The van der Waals surface area contributed by atoms with Crippen molar-refractivity contribution >= 4 is 103 Å². The molecule has 168 valence electrons. The zero-order valence-corrected chi connectivity index (χ0v) is 24.9. The van der Waals surface area contributed by atoms with Gasteiger partial charge in [-0.1, -0.05) is 12.1 Å². The van der Waals surface area contributed by atoms with Gasteiger partial charge in [0.1, 0.15) is 23.6 Å². The number of halogens is 4. The number of carbonyl (C=O) groups is 2. The van der Waals surface area contributed by atoms with E-state index in [2.05, 4.69) is 5.32 Å². The molecule has 0 aliphatic carbocycles. The van der Waals surface area contributed by atoms with Gasteiger partial charge in [-0.15, -0.1) is 0 Å². The van der Waals surface area contributed by atoms with Crippen molar-refractivity contribution in [2.75, 3.05) is 6.61 Å². The van der Waals surface area contributed by atoms with Crippen molar-refractivity contribution in [3.63, 3.8) is 0 Å². The maximum atomic E-state index is 13.1. The fourth-order valence-electron chi connectivity index (χ4n) is 2.78. The zero-order chi connectivity index (χ0) is 23.1. The number of carbonyl (C=O) groups excluding carboxylic acids is 2. The molecule has 7 nitrogen and oxygen atoms in total. The predicted octanol–water partition coefficient (Wildman–Crippen LogP) is 4.51. The lowest BCUT2D eigenvalue weighted by Crippen LogP contribution is -2.49. The molecule has 0 unspecified atom stereocenters. The van der Waals surface area contributed by atoms with Crippen LogP contribution in [0.15, 0.2) is 36.4 Å². The van der Waals surface area contributed by atoms with Gasteiger partial charge in [0.15, 0.2) is 0 Å². The maximum absolute atomic E-state index is 13.1. The average molecular weight is 876 g/mol. The molecular weight excluding hydrogens is 856 g/mol. The van der Waals surface area contributed by atoms with Gasteiger partial charge in [0.25, 0.3) is 0 Å². The molecule has 3 N–H and O–H groups in total. The van der Waals surface area contributed by atoms with Gasteiger partial charge in [0.05, 0.1) is 13.7 Å². The lowest BCUT2D eigenvalue weighted by Gasteiger charge is -2.24. The molecule has 0 saturated heterocycles. The van der Waals surface area contributed by atoms with Crippen molar-refractivity contribution in [3.8, 4) is 11.5 Å². The fourth-order valence-corrected chi connectivity index (χ4v) is 5.58. The van der Waals surface area contributed by atoms with E-state index in [4.69, 9.17) is 4.74 Å². The number of rotatable bonds is 9. The summed E-state index contributed by atoms with van der Waals surface area (Å²) in [5, 5.41) is 22.3. The monoisotopic (exact) mass is 876 g/mol. The lowest BCUT2D eigenvalue weighted by atomic mass is 10.0.